The number of nitrogen functional groups attached to an aromatic ring is 1. The van der Waals surface area contributed by atoms with Crippen LogP contribution in [0.3, 0.4) is 0 Å². The molecule has 2 aromatic heterocycles. The molecule has 9 nitrogen and oxygen atoms in total. The molecule has 0 aliphatic heterocycles. The molecule has 1 aliphatic carbocycles. The number of aromatic amines is 2. The molecule has 0 spiro atoms. The number of halogens is 2. The van der Waals surface area contributed by atoms with Crippen LogP contribution in [-0.2, 0) is 0 Å². The van der Waals surface area contributed by atoms with Crippen molar-refractivity contribution in [1.82, 2.24) is 19.7 Å². The molecule has 1 aliphatic rings. The number of H-pyrrole nitrogens is 2. The first kappa shape index (κ1) is 21.3. The van der Waals surface area contributed by atoms with E-state index < -0.39 is 17.1 Å². The number of nitrogens with one attached hydrogen (secondary N) is 2. The highest BCUT2D eigenvalue weighted by Crippen LogP contribution is 2.42. The molecule has 0 amide bonds. The molecule has 1 unspecified atom stereocenters. The summed E-state index contributed by atoms with van der Waals surface area (Å²) in [5, 5.41) is 3.67. The van der Waals surface area contributed by atoms with Gasteiger partial charge in [-0.05, 0) is 42.3 Å². The van der Waals surface area contributed by atoms with Gasteiger partial charge in [0.25, 0.3) is 11.1 Å². The summed E-state index contributed by atoms with van der Waals surface area (Å²) in [5.41, 5.74) is 4.16. The molecule has 1 fully saturated rings. The molecule has 2 heterocycles. The Hall–Kier alpha value is -2.98. The number of hydrogen-bond acceptors (Lipinski definition) is 6. The molecule has 3 aromatic rings. The van der Waals surface area contributed by atoms with Crippen LogP contribution in [0.1, 0.15) is 31.2 Å². The number of benzene rings is 1. The fourth-order valence-electron chi connectivity index (χ4n) is 3.29. The number of ether oxygens (including phenoxy) is 1. The molecular formula is C19H16BCl2N5O4. The van der Waals surface area contributed by atoms with Crippen LogP contribution in [0.15, 0.2) is 32.7 Å². The summed E-state index contributed by atoms with van der Waals surface area (Å²) in [4.78, 5) is 40.5. The van der Waals surface area contributed by atoms with Crippen LogP contribution in [0.5, 0.6) is 11.5 Å². The Morgan fingerprint density at radius 1 is 1.26 bits per heavy atom. The third-order valence-corrected chi connectivity index (χ3v) is 5.87. The molecule has 12 heteroatoms. The van der Waals surface area contributed by atoms with E-state index in [9.17, 15) is 14.4 Å². The average Bonchev–Trinajstić information content (AvgIpc) is 3.57. The van der Waals surface area contributed by atoms with Crippen LogP contribution in [0, 0.1) is 5.92 Å². The SMILES string of the molecule is [B]c1c(-n2nc(N)c(=O)[nH]c2=O)cc(Cl)c(Oc2c[nH]c(=O)c(C(C)C3CC3)c2)c1Cl. The molecular weight excluding hydrogens is 444 g/mol. The van der Waals surface area contributed by atoms with Crippen LogP contribution in [0.4, 0.5) is 5.82 Å². The maximum Gasteiger partial charge on any atom is 0.349 e. The minimum Gasteiger partial charge on any atom is -0.453 e. The van der Waals surface area contributed by atoms with Gasteiger partial charge in [-0.25, -0.2) is 4.79 Å². The van der Waals surface area contributed by atoms with Gasteiger partial charge >= 0.3 is 5.69 Å². The second-order valence-corrected chi connectivity index (χ2v) is 8.12. The monoisotopic (exact) mass is 459 g/mol. The van der Waals surface area contributed by atoms with Crippen molar-refractivity contribution >= 4 is 42.3 Å². The number of pyridine rings is 1. The maximum atomic E-state index is 12.2. The van der Waals surface area contributed by atoms with Crippen LogP contribution in [-0.4, -0.2) is 27.6 Å². The number of nitrogens with zero attached hydrogens (tertiary/aromatic N) is 2. The highest BCUT2D eigenvalue weighted by Gasteiger charge is 2.30. The summed E-state index contributed by atoms with van der Waals surface area (Å²) >= 11 is 12.7. The van der Waals surface area contributed by atoms with Gasteiger partial charge in [0.05, 0.1) is 15.7 Å². The first-order chi connectivity index (χ1) is 14.7. The smallest absolute Gasteiger partial charge is 0.349 e. The Morgan fingerprint density at radius 3 is 2.65 bits per heavy atom. The summed E-state index contributed by atoms with van der Waals surface area (Å²) in [5.74, 6) is 0.495. The molecule has 1 aromatic carbocycles. The lowest BCUT2D eigenvalue weighted by Crippen LogP contribution is -2.35. The van der Waals surface area contributed by atoms with E-state index >= 15 is 0 Å². The lowest BCUT2D eigenvalue weighted by molar-refractivity contribution is 0.478. The molecule has 4 N–H and O–H groups in total. The topological polar surface area (TPSA) is 136 Å². The predicted molar refractivity (Wildman–Crippen MR) is 119 cm³/mol. The zero-order valence-corrected chi connectivity index (χ0v) is 17.8. The largest absolute Gasteiger partial charge is 0.453 e. The average molecular weight is 460 g/mol. The minimum atomic E-state index is -0.869. The Morgan fingerprint density at radius 2 is 1.97 bits per heavy atom. The normalized spacial score (nSPS) is 14.4. The van der Waals surface area contributed by atoms with Crippen LogP contribution in [0.25, 0.3) is 5.69 Å². The Labute approximate surface area is 186 Å². The molecule has 31 heavy (non-hydrogen) atoms. The van der Waals surface area contributed by atoms with Gasteiger partial charge < -0.3 is 15.5 Å². The standard InChI is InChI=1S/C19H16BCl2N5O4/c1-7(8-2-3-8)10-4-9(6-24-17(10)28)31-15-11(21)5-12(13(20)14(15)22)27-19(30)25-18(29)16(23)26-27/h4-8H,2-3H2,1H3,(H2,23,26)(H,24,28)(H,25,29,30). The van der Waals surface area contributed by atoms with Crippen molar-refractivity contribution in [2.45, 2.75) is 25.7 Å². The summed E-state index contributed by atoms with van der Waals surface area (Å²) in [6.07, 6.45) is 3.57. The van der Waals surface area contributed by atoms with Gasteiger partial charge in [0.15, 0.2) is 5.75 Å². The van der Waals surface area contributed by atoms with E-state index in [0.29, 0.717) is 17.2 Å². The molecule has 4 rings (SSSR count). The first-order valence-corrected chi connectivity index (χ1v) is 10.1. The van der Waals surface area contributed by atoms with Crippen molar-refractivity contribution in [3.8, 4) is 17.2 Å². The third-order valence-electron chi connectivity index (χ3n) is 5.22. The van der Waals surface area contributed by atoms with E-state index in [4.69, 9.17) is 41.5 Å². The van der Waals surface area contributed by atoms with Gasteiger partial charge in [-0.2, -0.15) is 4.68 Å². The van der Waals surface area contributed by atoms with E-state index in [2.05, 4.69) is 10.1 Å². The zero-order valence-electron chi connectivity index (χ0n) is 16.2. The molecule has 1 atom stereocenters. The molecule has 0 bridgehead atoms. The van der Waals surface area contributed by atoms with Crippen molar-refractivity contribution in [2.75, 3.05) is 5.73 Å². The number of nitrogens with two attached hydrogens (primary N) is 1. The van der Waals surface area contributed by atoms with Gasteiger partial charge in [-0.15, -0.1) is 5.10 Å². The molecule has 0 saturated heterocycles. The van der Waals surface area contributed by atoms with E-state index in [1.54, 1.807) is 6.07 Å². The Bertz CT molecular complexity index is 1360. The van der Waals surface area contributed by atoms with Gasteiger partial charge in [0.1, 0.15) is 13.6 Å². The highest BCUT2D eigenvalue weighted by atomic mass is 35.5. The van der Waals surface area contributed by atoms with Gasteiger partial charge in [0.2, 0.25) is 5.82 Å². The minimum absolute atomic E-state index is 0.0137. The Balaban J connectivity index is 1.75. The number of rotatable bonds is 5. The van der Waals surface area contributed by atoms with Crippen molar-refractivity contribution in [1.29, 1.82) is 0 Å². The highest BCUT2D eigenvalue weighted by molar-refractivity contribution is 6.49. The maximum absolute atomic E-state index is 12.2. The number of aromatic nitrogens is 4. The fraction of sp³-hybridized carbons (Fsp3) is 0.263. The fourth-order valence-corrected chi connectivity index (χ4v) is 3.82. The molecule has 2 radical (unpaired) electrons. The van der Waals surface area contributed by atoms with Crippen molar-refractivity contribution < 1.29 is 4.74 Å². The van der Waals surface area contributed by atoms with Crippen LogP contribution >= 0.6 is 23.2 Å². The summed E-state index contributed by atoms with van der Waals surface area (Å²) in [7, 11) is 6.08. The van der Waals surface area contributed by atoms with Gasteiger partial charge in [-0.1, -0.05) is 30.1 Å². The van der Waals surface area contributed by atoms with E-state index in [1.165, 1.54) is 12.3 Å². The second kappa shape index (κ2) is 7.94. The summed E-state index contributed by atoms with van der Waals surface area (Å²) in [6, 6.07) is 2.96. The van der Waals surface area contributed by atoms with Gasteiger partial charge in [0, 0.05) is 11.8 Å². The lowest BCUT2D eigenvalue weighted by Gasteiger charge is -2.17. The van der Waals surface area contributed by atoms with E-state index in [1.807, 2.05) is 11.9 Å². The quantitative estimate of drug-likeness (QED) is 0.495. The Kier molecular flexibility index (Phi) is 5.44. The van der Waals surface area contributed by atoms with Crippen LogP contribution < -0.4 is 32.7 Å². The van der Waals surface area contributed by atoms with Crippen molar-refractivity contribution in [2.24, 2.45) is 5.92 Å². The second-order valence-electron chi connectivity index (χ2n) is 7.34. The lowest BCUT2D eigenvalue weighted by atomic mass is 9.93. The zero-order chi connectivity index (χ0) is 22.4. The summed E-state index contributed by atoms with van der Waals surface area (Å²) < 4.78 is 6.61. The predicted octanol–water partition coefficient (Wildman–Crippen LogP) is 1.60. The summed E-state index contributed by atoms with van der Waals surface area (Å²) in [6.45, 7) is 2.00. The molecule has 158 valence electrons. The van der Waals surface area contributed by atoms with Crippen molar-refractivity contribution in [3.05, 3.63) is 65.1 Å². The van der Waals surface area contributed by atoms with Gasteiger partial charge in [-0.3, -0.25) is 14.6 Å². The first-order valence-electron chi connectivity index (χ1n) is 9.34. The van der Waals surface area contributed by atoms with E-state index in [-0.39, 0.29) is 38.4 Å². The van der Waals surface area contributed by atoms with Crippen molar-refractivity contribution in [3.63, 3.8) is 0 Å². The molecule has 1 saturated carbocycles. The number of hydrogen-bond donors (Lipinski definition) is 3. The number of anilines is 1. The van der Waals surface area contributed by atoms with Crippen LogP contribution in [0.2, 0.25) is 10.0 Å². The van der Waals surface area contributed by atoms with E-state index in [0.717, 1.165) is 17.5 Å². The third kappa shape index (κ3) is 4.00.